The average molecular weight is 222 g/mol. The van der Waals surface area contributed by atoms with E-state index in [-0.39, 0.29) is 5.82 Å². The highest BCUT2D eigenvalue weighted by molar-refractivity contribution is 5.22. The van der Waals surface area contributed by atoms with Crippen molar-refractivity contribution in [2.75, 3.05) is 26.2 Å². The maximum atomic E-state index is 13.6. The third-order valence-corrected chi connectivity index (χ3v) is 3.38. The summed E-state index contributed by atoms with van der Waals surface area (Å²) in [4.78, 5) is 2.36. The van der Waals surface area contributed by atoms with Crippen LogP contribution in [-0.2, 0) is 0 Å². The molecule has 16 heavy (non-hydrogen) atoms. The van der Waals surface area contributed by atoms with Crippen LogP contribution in [0.1, 0.15) is 24.3 Å². The van der Waals surface area contributed by atoms with Crippen molar-refractivity contribution in [3.63, 3.8) is 0 Å². The van der Waals surface area contributed by atoms with Gasteiger partial charge in [-0.15, -0.1) is 0 Å². The van der Waals surface area contributed by atoms with E-state index in [1.54, 1.807) is 12.1 Å². The van der Waals surface area contributed by atoms with Crippen LogP contribution in [0.2, 0.25) is 0 Å². The first-order chi connectivity index (χ1) is 7.81. The first-order valence-corrected chi connectivity index (χ1v) is 5.98. The zero-order valence-corrected chi connectivity index (χ0v) is 9.53. The van der Waals surface area contributed by atoms with Gasteiger partial charge in [0.2, 0.25) is 0 Å². The van der Waals surface area contributed by atoms with Gasteiger partial charge in [0, 0.05) is 13.1 Å². The van der Waals surface area contributed by atoms with Crippen LogP contribution in [0, 0.1) is 5.82 Å². The fourth-order valence-electron chi connectivity index (χ4n) is 2.46. The molecule has 1 heterocycles. The zero-order chi connectivity index (χ0) is 11.4. The summed E-state index contributed by atoms with van der Waals surface area (Å²) >= 11 is 0. The molecular formula is C13H19FN2. The van der Waals surface area contributed by atoms with E-state index in [0.717, 1.165) is 38.0 Å². The van der Waals surface area contributed by atoms with E-state index in [1.807, 2.05) is 12.1 Å². The molecule has 0 atom stereocenters. The lowest BCUT2D eigenvalue weighted by Gasteiger charge is -2.31. The second kappa shape index (κ2) is 5.41. The van der Waals surface area contributed by atoms with Gasteiger partial charge in [0.25, 0.3) is 0 Å². The first kappa shape index (κ1) is 11.6. The molecule has 1 fully saturated rings. The molecule has 1 aliphatic heterocycles. The summed E-state index contributed by atoms with van der Waals surface area (Å²) in [6.45, 7) is 3.75. The quantitative estimate of drug-likeness (QED) is 0.847. The number of nitrogens with zero attached hydrogens (tertiary/aromatic N) is 1. The van der Waals surface area contributed by atoms with Gasteiger partial charge in [0.05, 0.1) is 0 Å². The minimum absolute atomic E-state index is 0.0558. The maximum absolute atomic E-state index is 13.6. The summed E-state index contributed by atoms with van der Waals surface area (Å²) in [7, 11) is 0. The number of piperidine rings is 1. The van der Waals surface area contributed by atoms with Gasteiger partial charge >= 0.3 is 0 Å². The third kappa shape index (κ3) is 2.60. The van der Waals surface area contributed by atoms with Gasteiger partial charge in [0.15, 0.2) is 0 Å². The Morgan fingerprint density at radius 1 is 1.25 bits per heavy atom. The predicted molar refractivity (Wildman–Crippen MR) is 63.9 cm³/mol. The normalized spacial score (nSPS) is 18.9. The fourth-order valence-corrected chi connectivity index (χ4v) is 2.46. The molecule has 88 valence electrons. The van der Waals surface area contributed by atoms with Crippen molar-refractivity contribution in [1.29, 1.82) is 0 Å². The second-order valence-corrected chi connectivity index (χ2v) is 4.43. The number of benzene rings is 1. The number of rotatable bonds is 3. The summed E-state index contributed by atoms with van der Waals surface area (Å²) in [5.74, 6) is 0.329. The highest BCUT2D eigenvalue weighted by Gasteiger charge is 2.21. The smallest absolute Gasteiger partial charge is 0.126 e. The maximum Gasteiger partial charge on any atom is 0.126 e. The molecule has 0 spiro atoms. The van der Waals surface area contributed by atoms with E-state index in [9.17, 15) is 4.39 Å². The Bertz CT molecular complexity index is 332. The molecule has 1 aliphatic rings. The van der Waals surface area contributed by atoms with E-state index >= 15 is 0 Å². The monoisotopic (exact) mass is 222 g/mol. The Kier molecular flexibility index (Phi) is 3.91. The number of nitrogens with two attached hydrogens (primary N) is 1. The van der Waals surface area contributed by atoms with Gasteiger partial charge < -0.3 is 10.6 Å². The third-order valence-electron chi connectivity index (χ3n) is 3.38. The van der Waals surface area contributed by atoms with E-state index in [4.69, 9.17) is 5.73 Å². The van der Waals surface area contributed by atoms with Crippen LogP contribution in [0.3, 0.4) is 0 Å². The number of halogens is 1. The van der Waals surface area contributed by atoms with Crippen LogP contribution in [0.5, 0.6) is 0 Å². The summed E-state index contributed by atoms with van der Waals surface area (Å²) in [5.41, 5.74) is 6.41. The average Bonchev–Trinajstić information content (AvgIpc) is 2.31. The Morgan fingerprint density at radius 2 is 1.94 bits per heavy atom. The Labute approximate surface area is 96.2 Å². The van der Waals surface area contributed by atoms with Crippen molar-refractivity contribution in [2.24, 2.45) is 5.73 Å². The van der Waals surface area contributed by atoms with Crippen molar-refractivity contribution in [2.45, 2.75) is 18.8 Å². The molecule has 2 N–H and O–H groups in total. The second-order valence-electron chi connectivity index (χ2n) is 4.43. The molecule has 0 aliphatic carbocycles. The molecule has 0 amide bonds. The van der Waals surface area contributed by atoms with Crippen molar-refractivity contribution in [3.05, 3.63) is 35.6 Å². The van der Waals surface area contributed by atoms with Gasteiger partial charge in [-0.05, 0) is 43.5 Å². The van der Waals surface area contributed by atoms with Crippen LogP contribution < -0.4 is 5.73 Å². The Morgan fingerprint density at radius 3 is 2.56 bits per heavy atom. The van der Waals surface area contributed by atoms with Gasteiger partial charge in [-0.3, -0.25) is 0 Å². The topological polar surface area (TPSA) is 29.3 Å². The lowest BCUT2D eigenvalue weighted by Crippen LogP contribution is -2.36. The minimum atomic E-state index is -0.0558. The highest BCUT2D eigenvalue weighted by Crippen LogP contribution is 2.29. The number of hydrogen-bond donors (Lipinski definition) is 1. The van der Waals surface area contributed by atoms with E-state index in [0.29, 0.717) is 12.5 Å². The number of hydrogen-bond acceptors (Lipinski definition) is 2. The summed E-state index contributed by atoms with van der Waals surface area (Å²) in [6, 6.07) is 7.15. The first-order valence-electron chi connectivity index (χ1n) is 5.98. The largest absolute Gasteiger partial charge is 0.329 e. The molecular weight excluding hydrogens is 203 g/mol. The van der Waals surface area contributed by atoms with Crippen molar-refractivity contribution < 1.29 is 4.39 Å². The fraction of sp³-hybridized carbons (Fsp3) is 0.538. The van der Waals surface area contributed by atoms with Gasteiger partial charge in [0.1, 0.15) is 5.82 Å². The van der Waals surface area contributed by atoms with Crippen LogP contribution >= 0.6 is 0 Å². The molecule has 0 aromatic heterocycles. The molecule has 0 bridgehead atoms. The highest BCUT2D eigenvalue weighted by atomic mass is 19.1. The summed E-state index contributed by atoms with van der Waals surface area (Å²) in [6.07, 6.45) is 2.09. The lowest BCUT2D eigenvalue weighted by atomic mass is 9.89. The SMILES string of the molecule is NCCN1CCC(c2ccccc2F)CC1. The summed E-state index contributed by atoms with van der Waals surface area (Å²) in [5, 5.41) is 0. The predicted octanol–water partition coefficient (Wildman–Crippen LogP) is 1.96. The molecule has 0 radical (unpaired) electrons. The van der Waals surface area contributed by atoms with Gasteiger partial charge in [-0.1, -0.05) is 18.2 Å². The van der Waals surface area contributed by atoms with E-state index in [1.165, 1.54) is 0 Å². The van der Waals surface area contributed by atoms with Crippen molar-refractivity contribution in [3.8, 4) is 0 Å². The lowest BCUT2D eigenvalue weighted by molar-refractivity contribution is 0.216. The minimum Gasteiger partial charge on any atom is -0.329 e. The molecule has 0 saturated carbocycles. The molecule has 1 aromatic carbocycles. The molecule has 2 rings (SSSR count). The van der Waals surface area contributed by atoms with Crippen LogP contribution in [0.15, 0.2) is 24.3 Å². The molecule has 1 saturated heterocycles. The van der Waals surface area contributed by atoms with Crippen LogP contribution in [0.25, 0.3) is 0 Å². The Hall–Kier alpha value is -0.930. The molecule has 0 unspecified atom stereocenters. The van der Waals surface area contributed by atoms with E-state index in [2.05, 4.69) is 4.90 Å². The van der Waals surface area contributed by atoms with Crippen LogP contribution in [0.4, 0.5) is 4.39 Å². The van der Waals surface area contributed by atoms with Crippen LogP contribution in [-0.4, -0.2) is 31.1 Å². The van der Waals surface area contributed by atoms with Crippen molar-refractivity contribution in [1.82, 2.24) is 4.90 Å². The molecule has 3 heteroatoms. The Balaban J connectivity index is 1.96. The number of likely N-dealkylation sites (tertiary alicyclic amines) is 1. The van der Waals surface area contributed by atoms with Gasteiger partial charge in [-0.2, -0.15) is 0 Å². The molecule has 2 nitrogen and oxygen atoms in total. The van der Waals surface area contributed by atoms with Gasteiger partial charge in [-0.25, -0.2) is 4.39 Å². The summed E-state index contributed by atoms with van der Waals surface area (Å²) < 4.78 is 13.6. The standard InChI is InChI=1S/C13H19FN2/c14-13-4-2-1-3-12(13)11-5-8-16(9-6-11)10-7-15/h1-4,11H,5-10,15H2. The van der Waals surface area contributed by atoms with E-state index < -0.39 is 0 Å². The van der Waals surface area contributed by atoms with Crippen molar-refractivity contribution >= 4 is 0 Å². The zero-order valence-electron chi connectivity index (χ0n) is 9.53. The molecule has 1 aromatic rings.